The van der Waals surface area contributed by atoms with Gasteiger partial charge >= 0.3 is 0 Å². The molecule has 0 fully saturated rings. The minimum Gasteiger partial charge on any atom is -0.497 e. The van der Waals surface area contributed by atoms with Crippen LogP contribution >= 0.6 is 0 Å². The number of fused-ring (bicyclic) bond motifs is 1. The smallest absolute Gasteiger partial charge is 0.127 e. The van der Waals surface area contributed by atoms with Crippen LogP contribution in [0.5, 0.6) is 5.75 Å². The summed E-state index contributed by atoms with van der Waals surface area (Å²) in [4.78, 5) is 4.71. The van der Waals surface area contributed by atoms with E-state index in [1.54, 1.807) is 7.11 Å². The van der Waals surface area contributed by atoms with E-state index in [4.69, 9.17) is 15.5 Å². The number of nitrogens with two attached hydrogens (primary N) is 1. The first-order valence-corrected chi connectivity index (χ1v) is 7.01. The van der Waals surface area contributed by atoms with E-state index in [1.165, 1.54) is 0 Å². The number of hydrogen-bond donors (Lipinski definition) is 1. The predicted octanol–water partition coefficient (Wildman–Crippen LogP) is 3.42. The van der Waals surface area contributed by atoms with Crippen molar-refractivity contribution in [3.63, 3.8) is 0 Å². The Hall–Kier alpha value is -1.81. The summed E-state index contributed by atoms with van der Waals surface area (Å²) in [6.45, 7) is 8.90. The van der Waals surface area contributed by atoms with Gasteiger partial charge in [0.05, 0.1) is 24.2 Å². The number of nitrogens with zero attached hydrogens (tertiary/aromatic N) is 2. The maximum absolute atomic E-state index is 6.27. The standard InChI is InChI=1S/C16H23N3O/c1-5-6-13(17)16-18-14-9-12(20-4)7-8-15(14)19(16)10-11(2)3/h7-9,13H,2,5-6,10,17H2,1,3-4H3. The van der Waals surface area contributed by atoms with Crippen LogP contribution in [0, 0.1) is 0 Å². The molecule has 1 aromatic heterocycles. The molecule has 20 heavy (non-hydrogen) atoms. The van der Waals surface area contributed by atoms with Gasteiger partial charge in [-0.15, -0.1) is 0 Å². The number of imidazole rings is 1. The zero-order chi connectivity index (χ0) is 14.7. The van der Waals surface area contributed by atoms with Gasteiger partial charge in [-0.1, -0.05) is 25.5 Å². The zero-order valence-electron chi connectivity index (χ0n) is 12.5. The van der Waals surface area contributed by atoms with Gasteiger partial charge in [0.1, 0.15) is 11.6 Å². The van der Waals surface area contributed by atoms with E-state index < -0.39 is 0 Å². The SMILES string of the molecule is C=C(C)Cn1c(C(N)CCC)nc2cc(OC)ccc21. The van der Waals surface area contributed by atoms with Gasteiger partial charge in [0.15, 0.2) is 0 Å². The van der Waals surface area contributed by atoms with Crippen LogP contribution in [0.4, 0.5) is 0 Å². The molecule has 0 bridgehead atoms. The summed E-state index contributed by atoms with van der Waals surface area (Å²) in [6, 6.07) is 5.89. The molecule has 0 aliphatic rings. The van der Waals surface area contributed by atoms with Crippen molar-refractivity contribution >= 4 is 11.0 Å². The van der Waals surface area contributed by atoms with Gasteiger partial charge in [-0.05, 0) is 25.5 Å². The third-order valence-electron chi connectivity index (χ3n) is 3.34. The normalized spacial score (nSPS) is 12.6. The summed E-state index contributed by atoms with van der Waals surface area (Å²) >= 11 is 0. The van der Waals surface area contributed by atoms with Crippen molar-refractivity contribution in [3.05, 3.63) is 36.2 Å². The van der Waals surface area contributed by atoms with Gasteiger partial charge in [-0.25, -0.2) is 4.98 Å². The van der Waals surface area contributed by atoms with E-state index in [1.807, 2.05) is 25.1 Å². The summed E-state index contributed by atoms with van der Waals surface area (Å²) in [7, 11) is 1.66. The van der Waals surface area contributed by atoms with Crippen LogP contribution in [0.15, 0.2) is 30.4 Å². The Kier molecular flexibility index (Phi) is 4.45. The second-order valence-electron chi connectivity index (χ2n) is 5.26. The number of benzene rings is 1. The number of aromatic nitrogens is 2. The van der Waals surface area contributed by atoms with Crippen molar-refractivity contribution in [2.24, 2.45) is 5.73 Å². The van der Waals surface area contributed by atoms with Gasteiger partial charge in [-0.3, -0.25) is 0 Å². The van der Waals surface area contributed by atoms with Crippen LogP contribution in [0.2, 0.25) is 0 Å². The first-order chi connectivity index (χ1) is 9.56. The van der Waals surface area contributed by atoms with Crippen LogP contribution in [0.25, 0.3) is 11.0 Å². The average Bonchev–Trinajstić information content (AvgIpc) is 2.76. The van der Waals surface area contributed by atoms with E-state index >= 15 is 0 Å². The van der Waals surface area contributed by atoms with Gasteiger partial charge in [0, 0.05) is 12.6 Å². The van der Waals surface area contributed by atoms with E-state index in [2.05, 4.69) is 18.1 Å². The van der Waals surface area contributed by atoms with Gasteiger partial charge < -0.3 is 15.0 Å². The monoisotopic (exact) mass is 273 g/mol. The lowest BCUT2D eigenvalue weighted by atomic mass is 10.1. The maximum atomic E-state index is 6.27. The molecule has 0 aliphatic carbocycles. The summed E-state index contributed by atoms with van der Waals surface area (Å²) in [5, 5.41) is 0. The molecule has 0 spiro atoms. The molecule has 1 unspecified atom stereocenters. The summed E-state index contributed by atoms with van der Waals surface area (Å²) in [5.74, 6) is 1.74. The number of rotatable bonds is 6. The maximum Gasteiger partial charge on any atom is 0.127 e. The van der Waals surface area contributed by atoms with Crippen LogP contribution < -0.4 is 10.5 Å². The van der Waals surface area contributed by atoms with Gasteiger partial charge in [0.25, 0.3) is 0 Å². The highest BCUT2D eigenvalue weighted by atomic mass is 16.5. The van der Waals surface area contributed by atoms with Crippen molar-refractivity contribution in [1.29, 1.82) is 0 Å². The highest BCUT2D eigenvalue weighted by Crippen LogP contribution is 2.26. The minimum absolute atomic E-state index is 0.0438. The van der Waals surface area contributed by atoms with E-state index in [9.17, 15) is 0 Å². The minimum atomic E-state index is -0.0438. The summed E-state index contributed by atoms with van der Waals surface area (Å²) < 4.78 is 7.43. The van der Waals surface area contributed by atoms with Crippen molar-refractivity contribution in [2.75, 3.05) is 7.11 Å². The molecule has 1 atom stereocenters. The van der Waals surface area contributed by atoms with E-state index in [0.29, 0.717) is 0 Å². The van der Waals surface area contributed by atoms with Crippen LogP contribution in [-0.2, 0) is 6.54 Å². The molecular weight excluding hydrogens is 250 g/mol. The third kappa shape index (κ3) is 2.85. The average molecular weight is 273 g/mol. The van der Waals surface area contributed by atoms with Crippen molar-refractivity contribution in [2.45, 2.75) is 39.3 Å². The van der Waals surface area contributed by atoms with E-state index in [0.717, 1.165) is 47.6 Å². The molecule has 0 radical (unpaired) electrons. The first-order valence-electron chi connectivity index (χ1n) is 7.01. The second kappa shape index (κ2) is 6.09. The topological polar surface area (TPSA) is 53.1 Å². The lowest BCUT2D eigenvalue weighted by Crippen LogP contribution is -2.17. The molecule has 4 nitrogen and oxygen atoms in total. The first kappa shape index (κ1) is 14.6. The van der Waals surface area contributed by atoms with Gasteiger partial charge in [0.2, 0.25) is 0 Å². The number of allylic oxidation sites excluding steroid dienone is 1. The molecular formula is C16H23N3O. The van der Waals surface area contributed by atoms with Crippen LogP contribution in [0.3, 0.4) is 0 Å². The molecule has 2 aromatic rings. The summed E-state index contributed by atoms with van der Waals surface area (Å²) in [6.07, 6.45) is 1.97. The number of methoxy groups -OCH3 is 1. The van der Waals surface area contributed by atoms with Crippen LogP contribution in [0.1, 0.15) is 38.6 Å². The van der Waals surface area contributed by atoms with Crippen molar-refractivity contribution in [3.8, 4) is 5.75 Å². The fraction of sp³-hybridized carbons (Fsp3) is 0.438. The van der Waals surface area contributed by atoms with Gasteiger partial charge in [-0.2, -0.15) is 0 Å². The van der Waals surface area contributed by atoms with Crippen molar-refractivity contribution < 1.29 is 4.74 Å². The Morgan fingerprint density at radius 1 is 1.50 bits per heavy atom. The fourth-order valence-corrected chi connectivity index (χ4v) is 2.41. The Bertz CT molecular complexity index is 615. The molecule has 2 N–H and O–H groups in total. The molecule has 0 amide bonds. The Balaban J connectivity index is 2.55. The third-order valence-corrected chi connectivity index (χ3v) is 3.34. The second-order valence-corrected chi connectivity index (χ2v) is 5.26. The molecule has 0 aliphatic heterocycles. The zero-order valence-corrected chi connectivity index (χ0v) is 12.5. The Morgan fingerprint density at radius 3 is 2.85 bits per heavy atom. The predicted molar refractivity (Wildman–Crippen MR) is 82.9 cm³/mol. The molecule has 4 heteroatoms. The van der Waals surface area contributed by atoms with Crippen LogP contribution in [-0.4, -0.2) is 16.7 Å². The quantitative estimate of drug-likeness (QED) is 0.820. The lowest BCUT2D eigenvalue weighted by molar-refractivity contribution is 0.415. The molecule has 108 valence electrons. The van der Waals surface area contributed by atoms with Crippen molar-refractivity contribution in [1.82, 2.24) is 9.55 Å². The molecule has 0 saturated heterocycles. The number of ether oxygens (including phenoxy) is 1. The fourth-order valence-electron chi connectivity index (χ4n) is 2.41. The highest BCUT2D eigenvalue weighted by molar-refractivity contribution is 5.78. The highest BCUT2D eigenvalue weighted by Gasteiger charge is 2.16. The summed E-state index contributed by atoms with van der Waals surface area (Å²) in [5.41, 5.74) is 9.36. The molecule has 1 heterocycles. The number of hydrogen-bond acceptors (Lipinski definition) is 3. The molecule has 1 aromatic carbocycles. The largest absolute Gasteiger partial charge is 0.497 e. The van der Waals surface area contributed by atoms with E-state index in [-0.39, 0.29) is 6.04 Å². The molecule has 2 rings (SSSR count). The molecule has 0 saturated carbocycles. The Labute approximate surface area is 120 Å². The Morgan fingerprint density at radius 2 is 2.25 bits per heavy atom. The lowest BCUT2D eigenvalue weighted by Gasteiger charge is -2.14.